The van der Waals surface area contributed by atoms with Crippen LogP contribution in [-0.4, -0.2) is 29.5 Å². The molecule has 10 heteroatoms. The number of halogens is 2. The summed E-state index contributed by atoms with van der Waals surface area (Å²) >= 11 is 6.11. The number of aryl methyl sites for hydroxylation is 1. The normalized spacial score (nSPS) is 12.0. The van der Waals surface area contributed by atoms with Crippen LogP contribution in [0.25, 0.3) is 0 Å². The van der Waals surface area contributed by atoms with Gasteiger partial charge in [-0.25, -0.2) is 24.3 Å². The van der Waals surface area contributed by atoms with Gasteiger partial charge in [-0.05, 0) is 6.92 Å². The molecule has 3 aromatic heterocycles. The highest BCUT2D eigenvalue weighted by molar-refractivity contribution is 6.32. The Kier molecular flexibility index (Phi) is 4.52. The minimum absolute atomic E-state index is 0.311. The molecule has 24 heavy (non-hydrogen) atoms. The van der Waals surface area contributed by atoms with Crippen molar-refractivity contribution in [1.82, 2.24) is 29.5 Å². The largest absolute Gasteiger partial charge is 0.344 e. The molecule has 3 aromatic rings. The van der Waals surface area contributed by atoms with Gasteiger partial charge < -0.3 is 15.2 Å². The third-order valence-electron chi connectivity index (χ3n) is 3.07. The Labute approximate surface area is 142 Å². The van der Waals surface area contributed by atoms with Crippen molar-refractivity contribution in [1.29, 1.82) is 0 Å². The van der Waals surface area contributed by atoms with Gasteiger partial charge in [-0.15, -0.1) is 0 Å². The second kappa shape index (κ2) is 6.75. The highest BCUT2D eigenvalue weighted by Crippen LogP contribution is 2.23. The Morgan fingerprint density at radius 2 is 1.92 bits per heavy atom. The second-order valence-corrected chi connectivity index (χ2v) is 5.47. The summed E-state index contributed by atoms with van der Waals surface area (Å²) in [5.74, 6) is 1.29. The van der Waals surface area contributed by atoms with Crippen molar-refractivity contribution < 1.29 is 4.39 Å². The quantitative estimate of drug-likeness (QED) is 0.732. The zero-order chi connectivity index (χ0) is 17.1. The average molecular weight is 349 g/mol. The fraction of sp³-hybridized carbons (Fsp3) is 0.214. The molecule has 1 atom stereocenters. The van der Waals surface area contributed by atoms with Crippen LogP contribution in [-0.2, 0) is 7.05 Å². The molecule has 3 rings (SSSR count). The maximum atomic E-state index is 12.9. The summed E-state index contributed by atoms with van der Waals surface area (Å²) in [5, 5.41) is 6.42. The van der Waals surface area contributed by atoms with E-state index in [-0.39, 0.29) is 6.04 Å². The lowest BCUT2D eigenvalue weighted by molar-refractivity contribution is 0.604. The molecule has 8 nitrogen and oxygen atoms in total. The van der Waals surface area contributed by atoms with Crippen molar-refractivity contribution in [2.45, 2.75) is 13.0 Å². The van der Waals surface area contributed by atoms with E-state index >= 15 is 0 Å². The highest BCUT2D eigenvalue weighted by atomic mass is 35.5. The molecule has 0 unspecified atom stereocenters. The first-order valence-corrected chi connectivity index (χ1v) is 7.40. The van der Waals surface area contributed by atoms with Crippen molar-refractivity contribution in [3.8, 4) is 0 Å². The standard InChI is InChI=1S/C14H14ClFN8/c1-8(12-17-3-9(16)4-18-12)21-14-19-5-10(15)13(23-14)22-11-6-24(2)7-20-11/h3-8H,1-2H3,(H2,19,21,22,23)/t8-/m1/s1. The molecule has 0 saturated carbocycles. The van der Waals surface area contributed by atoms with E-state index in [4.69, 9.17) is 11.6 Å². The van der Waals surface area contributed by atoms with E-state index in [0.717, 1.165) is 12.4 Å². The lowest BCUT2D eigenvalue weighted by Gasteiger charge is -2.13. The highest BCUT2D eigenvalue weighted by Gasteiger charge is 2.12. The number of nitrogens with zero attached hydrogens (tertiary/aromatic N) is 6. The Bertz CT molecular complexity index is 835. The number of anilines is 3. The van der Waals surface area contributed by atoms with Crippen molar-refractivity contribution in [3.05, 3.63) is 47.8 Å². The first-order chi connectivity index (χ1) is 11.5. The third kappa shape index (κ3) is 3.74. The van der Waals surface area contributed by atoms with Crippen molar-refractivity contribution in [2.24, 2.45) is 7.05 Å². The molecule has 2 N–H and O–H groups in total. The van der Waals surface area contributed by atoms with Crippen LogP contribution in [0.3, 0.4) is 0 Å². The van der Waals surface area contributed by atoms with Gasteiger partial charge in [0, 0.05) is 13.2 Å². The second-order valence-electron chi connectivity index (χ2n) is 5.07. The van der Waals surface area contributed by atoms with Gasteiger partial charge in [0.15, 0.2) is 11.6 Å². The molecule has 124 valence electrons. The topological polar surface area (TPSA) is 93.4 Å². The summed E-state index contributed by atoms with van der Waals surface area (Å²) in [4.78, 5) is 20.4. The number of aromatic nitrogens is 6. The van der Waals surface area contributed by atoms with Gasteiger partial charge in [-0.2, -0.15) is 4.98 Å². The first-order valence-electron chi connectivity index (χ1n) is 7.03. The molecule has 0 fully saturated rings. The van der Waals surface area contributed by atoms with Gasteiger partial charge in [0.05, 0.1) is 31.0 Å². The van der Waals surface area contributed by atoms with Gasteiger partial charge in [0.2, 0.25) is 5.95 Å². The van der Waals surface area contributed by atoms with Gasteiger partial charge in [0.25, 0.3) is 0 Å². The molecular weight excluding hydrogens is 335 g/mol. The summed E-state index contributed by atoms with van der Waals surface area (Å²) in [6, 6.07) is -0.311. The molecule has 0 aliphatic carbocycles. The molecular formula is C14H14ClFN8. The van der Waals surface area contributed by atoms with Crippen LogP contribution in [0.2, 0.25) is 5.02 Å². The smallest absolute Gasteiger partial charge is 0.225 e. The van der Waals surface area contributed by atoms with Crippen LogP contribution in [0, 0.1) is 5.82 Å². The van der Waals surface area contributed by atoms with Crippen LogP contribution < -0.4 is 10.6 Å². The van der Waals surface area contributed by atoms with E-state index in [1.165, 1.54) is 6.20 Å². The minimum atomic E-state index is -0.490. The van der Waals surface area contributed by atoms with Gasteiger partial charge in [-0.3, -0.25) is 0 Å². The fourth-order valence-corrected chi connectivity index (χ4v) is 2.07. The molecule has 0 radical (unpaired) electrons. The lowest BCUT2D eigenvalue weighted by Crippen LogP contribution is -2.13. The van der Waals surface area contributed by atoms with Crippen LogP contribution in [0.4, 0.5) is 22.0 Å². The summed E-state index contributed by atoms with van der Waals surface area (Å²) in [6.07, 6.45) is 7.14. The number of nitrogens with one attached hydrogen (secondary N) is 2. The maximum absolute atomic E-state index is 12.9. The summed E-state index contributed by atoms with van der Waals surface area (Å²) in [7, 11) is 1.86. The molecule has 3 heterocycles. The maximum Gasteiger partial charge on any atom is 0.225 e. The van der Waals surface area contributed by atoms with E-state index < -0.39 is 5.82 Å². The number of hydrogen-bond acceptors (Lipinski definition) is 7. The minimum Gasteiger partial charge on any atom is -0.344 e. The van der Waals surface area contributed by atoms with Crippen LogP contribution in [0.1, 0.15) is 18.8 Å². The van der Waals surface area contributed by atoms with Crippen molar-refractivity contribution in [2.75, 3.05) is 10.6 Å². The van der Waals surface area contributed by atoms with E-state index in [1.807, 2.05) is 14.0 Å². The number of hydrogen-bond donors (Lipinski definition) is 2. The molecule has 0 bridgehead atoms. The van der Waals surface area contributed by atoms with Crippen molar-refractivity contribution >= 4 is 29.2 Å². The van der Waals surface area contributed by atoms with Crippen LogP contribution >= 0.6 is 11.6 Å². The van der Waals surface area contributed by atoms with Gasteiger partial charge in [0.1, 0.15) is 16.7 Å². The Balaban J connectivity index is 1.76. The molecule has 0 aromatic carbocycles. The molecule has 0 aliphatic rings. The van der Waals surface area contributed by atoms with Crippen LogP contribution in [0.5, 0.6) is 0 Å². The van der Waals surface area contributed by atoms with Gasteiger partial charge in [-0.1, -0.05) is 11.6 Å². The predicted molar refractivity (Wildman–Crippen MR) is 87.6 cm³/mol. The number of imidazole rings is 1. The molecule has 0 spiro atoms. The average Bonchev–Trinajstić information content (AvgIpc) is 2.96. The lowest BCUT2D eigenvalue weighted by atomic mass is 10.3. The molecule has 0 aliphatic heterocycles. The van der Waals surface area contributed by atoms with Crippen molar-refractivity contribution in [3.63, 3.8) is 0 Å². The SMILES string of the molecule is C[C@@H](Nc1ncc(Cl)c(Nc2cn(C)cn2)n1)c1ncc(F)cn1. The molecule has 0 amide bonds. The van der Waals surface area contributed by atoms with Crippen LogP contribution in [0.15, 0.2) is 31.1 Å². The fourth-order valence-electron chi connectivity index (χ4n) is 1.93. The van der Waals surface area contributed by atoms with E-state index in [2.05, 4.69) is 35.6 Å². The van der Waals surface area contributed by atoms with E-state index in [0.29, 0.717) is 28.4 Å². The molecule has 0 saturated heterocycles. The summed E-state index contributed by atoms with van der Waals surface area (Å²) in [5.41, 5.74) is 0. The Morgan fingerprint density at radius 1 is 1.17 bits per heavy atom. The summed E-state index contributed by atoms with van der Waals surface area (Å²) < 4.78 is 14.7. The monoisotopic (exact) mass is 348 g/mol. The zero-order valence-corrected chi connectivity index (χ0v) is 13.7. The first kappa shape index (κ1) is 16.1. The third-order valence-corrected chi connectivity index (χ3v) is 3.35. The summed E-state index contributed by atoms with van der Waals surface area (Å²) in [6.45, 7) is 1.82. The Morgan fingerprint density at radius 3 is 2.58 bits per heavy atom. The Hall–Kier alpha value is -2.81. The predicted octanol–water partition coefficient (Wildman–Crippen LogP) is 2.71. The van der Waals surface area contributed by atoms with Gasteiger partial charge >= 0.3 is 0 Å². The number of rotatable bonds is 5. The zero-order valence-electron chi connectivity index (χ0n) is 12.9. The van der Waals surface area contributed by atoms with E-state index in [9.17, 15) is 4.39 Å². The van der Waals surface area contributed by atoms with E-state index in [1.54, 1.807) is 17.1 Å².